The summed E-state index contributed by atoms with van der Waals surface area (Å²) in [5, 5.41) is 2.96. The maximum Gasteiger partial charge on any atom is 0.321 e. The van der Waals surface area contributed by atoms with Crippen LogP contribution in [0.25, 0.3) is 0 Å². The number of urea groups is 1. The van der Waals surface area contributed by atoms with Crippen LogP contribution in [0.3, 0.4) is 0 Å². The molecular formula is C18H28N4O2. The number of nitrogens with one attached hydrogen (secondary N) is 1. The van der Waals surface area contributed by atoms with Gasteiger partial charge in [-0.15, -0.1) is 0 Å². The molecule has 1 aromatic rings. The molecule has 2 aliphatic rings. The Bertz CT molecular complexity index is 540. The number of methoxy groups -OCH3 is 1. The summed E-state index contributed by atoms with van der Waals surface area (Å²) in [5.41, 5.74) is 0.802. The van der Waals surface area contributed by atoms with Gasteiger partial charge in [0.05, 0.1) is 7.11 Å². The van der Waals surface area contributed by atoms with Crippen LogP contribution in [0.4, 0.5) is 10.5 Å². The Morgan fingerprint density at radius 3 is 2.46 bits per heavy atom. The van der Waals surface area contributed by atoms with Crippen LogP contribution in [0.15, 0.2) is 24.3 Å². The number of rotatable bonds is 4. The summed E-state index contributed by atoms with van der Waals surface area (Å²) in [6.45, 7) is 5.84. The van der Waals surface area contributed by atoms with Crippen molar-refractivity contribution >= 4 is 11.7 Å². The Morgan fingerprint density at radius 2 is 1.88 bits per heavy atom. The van der Waals surface area contributed by atoms with Gasteiger partial charge in [-0.25, -0.2) is 4.79 Å². The maximum absolute atomic E-state index is 12.4. The van der Waals surface area contributed by atoms with Gasteiger partial charge in [0.2, 0.25) is 0 Å². The molecule has 24 heavy (non-hydrogen) atoms. The minimum Gasteiger partial charge on any atom is -0.497 e. The molecule has 0 aromatic heterocycles. The molecule has 0 unspecified atom stereocenters. The monoisotopic (exact) mass is 332 g/mol. The van der Waals surface area contributed by atoms with Crippen LogP contribution in [-0.2, 0) is 0 Å². The molecule has 3 rings (SSSR count). The smallest absolute Gasteiger partial charge is 0.321 e. The van der Waals surface area contributed by atoms with Crippen molar-refractivity contribution in [3.63, 3.8) is 0 Å². The molecule has 132 valence electrons. The molecule has 6 nitrogen and oxygen atoms in total. The van der Waals surface area contributed by atoms with Crippen molar-refractivity contribution in [2.75, 3.05) is 58.7 Å². The van der Waals surface area contributed by atoms with Crippen LogP contribution in [0.5, 0.6) is 5.75 Å². The zero-order valence-corrected chi connectivity index (χ0v) is 14.7. The second-order valence-corrected chi connectivity index (χ2v) is 6.72. The second-order valence-electron chi connectivity index (χ2n) is 6.72. The molecule has 0 saturated carbocycles. The second kappa shape index (κ2) is 7.85. The number of ether oxygens (including phenoxy) is 1. The van der Waals surface area contributed by atoms with Crippen LogP contribution in [0.2, 0.25) is 0 Å². The summed E-state index contributed by atoms with van der Waals surface area (Å²) < 4.78 is 5.13. The third kappa shape index (κ3) is 4.19. The molecule has 0 aliphatic carbocycles. The molecule has 2 amide bonds. The van der Waals surface area contributed by atoms with Crippen molar-refractivity contribution in [2.24, 2.45) is 0 Å². The topological polar surface area (TPSA) is 48.1 Å². The number of anilines is 1. The van der Waals surface area contributed by atoms with E-state index in [0.717, 1.165) is 44.2 Å². The van der Waals surface area contributed by atoms with Crippen LogP contribution < -0.4 is 10.1 Å². The highest BCUT2D eigenvalue weighted by Gasteiger charge is 2.26. The molecule has 0 bridgehead atoms. The quantitative estimate of drug-likeness (QED) is 0.915. The van der Waals surface area contributed by atoms with Gasteiger partial charge in [0, 0.05) is 44.5 Å². The number of amides is 2. The van der Waals surface area contributed by atoms with Gasteiger partial charge in [-0.3, -0.25) is 4.90 Å². The Labute approximate surface area is 144 Å². The number of nitrogens with zero attached hydrogens (tertiary/aromatic N) is 3. The number of carbonyl (C=O) groups excluding carboxylic acids is 1. The predicted molar refractivity (Wildman–Crippen MR) is 95.7 cm³/mol. The van der Waals surface area contributed by atoms with E-state index in [1.807, 2.05) is 29.2 Å². The SMILES string of the molecule is COc1ccc(NC(=O)N2CCN(C[C@H]3CCCN3C)CC2)cc1. The largest absolute Gasteiger partial charge is 0.497 e. The lowest BCUT2D eigenvalue weighted by molar-refractivity contribution is 0.124. The molecule has 0 spiro atoms. The van der Waals surface area contributed by atoms with Crippen LogP contribution in [-0.4, -0.2) is 80.2 Å². The zero-order valence-electron chi connectivity index (χ0n) is 14.7. The third-order valence-electron chi connectivity index (χ3n) is 5.14. The molecule has 2 fully saturated rings. The number of hydrogen-bond acceptors (Lipinski definition) is 4. The standard InChI is InChI=1S/C18H28N4O2/c1-20-9-3-4-16(20)14-21-10-12-22(13-11-21)18(23)19-15-5-7-17(24-2)8-6-15/h5-8,16H,3-4,9-14H2,1-2H3,(H,19,23)/t16-/m1/s1. The first-order valence-corrected chi connectivity index (χ1v) is 8.78. The zero-order chi connectivity index (χ0) is 16.9. The Kier molecular flexibility index (Phi) is 5.58. The Morgan fingerprint density at radius 1 is 1.17 bits per heavy atom. The highest BCUT2D eigenvalue weighted by atomic mass is 16.5. The van der Waals surface area contributed by atoms with Crippen molar-refractivity contribution in [1.29, 1.82) is 0 Å². The summed E-state index contributed by atoms with van der Waals surface area (Å²) in [7, 11) is 3.85. The van der Waals surface area contributed by atoms with Crippen molar-refractivity contribution in [1.82, 2.24) is 14.7 Å². The van der Waals surface area contributed by atoms with Gasteiger partial charge in [0.15, 0.2) is 0 Å². The summed E-state index contributed by atoms with van der Waals surface area (Å²) in [4.78, 5) is 19.2. The van der Waals surface area contributed by atoms with Gasteiger partial charge in [-0.1, -0.05) is 0 Å². The van der Waals surface area contributed by atoms with Crippen LogP contribution >= 0.6 is 0 Å². The fourth-order valence-corrected chi connectivity index (χ4v) is 3.52. The average molecular weight is 332 g/mol. The summed E-state index contributed by atoms with van der Waals surface area (Å²) in [5.74, 6) is 0.790. The van der Waals surface area contributed by atoms with E-state index in [1.165, 1.54) is 19.4 Å². The van der Waals surface area contributed by atoms with Gasteiger partial charge >= 0.3 is 6.03 Å². The van der Waals surface area contributed by atoms with E-state index >= 15 is 0 Å². The van der Waals surface area contributed by atoms with Crippen molar-refractivity contribution < 1.29 is 9.53 Å². The molecule has 0 radical (unpaired) electrons. The Balaban J connectivity index is 1.44. The van der Waals surface area contributed by atoms with Crippen LogP contribution in [0.1, 0.15) is 12.8 Å². The minimum absolute atomic E-state index is 0.0159. The first kappa shape index (κ1) is 17.0. The normalized spacial score (nSPS) is 22.6. The lowest BCUT2D eigenvalue weighted by Gasteiger charge is -2.36. The fraction of sp³-hybridized carbons (Fsp3) is 0.611. The molecule has 1 N–H and O–H groups in total. The molecule has 6 heteroatoms. The number of hydrogen-bond donors (Lipinski definition) is 1. The number of piperazine rings is 1. The molecular weight excluding hydrogens is 304 g/mol. The number of benzene rings is 1. The lowest BCUT2D eigenvalue weighted by Crippen LogP contribution is -2.52. The van der Waals surface area contributed by atoms with Gasteiger partial charge in [0.25, 0.3) is 0 Å². The highest BCUT2D eigenvalue weighted by Crippen LogP contribution is 2.18. The number of carbonyl (C=O) groups is 1. The molecule has 1 atom stereocenters. The first-order chi connectivity index (χ1) is 11.7. The van der Waals surface area contributed by atoms with Gasteiger partial charge in [-0.2, -0.15) is 0 Å². The summed E-state index contributed by atoms with van der Waals surface area (Å²) in [6, 6.07) is 8.10. The third-order valence-corrected chi connectivity index (χ3v) is 5.14. The Hall–Kier alpha value is -1.79. The van der Waals surface area contributed by atoms with Crippen molar-refractivity contribution in [2.45, 2.75) is 18.9 Å². The van der Waals surface area contributed by atoms with E-state index in [9.17, 15) is 4.79 Å². The molecule has 1 aromatic carbocycles. The average Bonchev–Trinajstić information content (AvgIpc) is 3.01. The summed E-state index contributed by atoms with van der Waals surface area (Å²) in [6.07, 6.45) is 2.61. The fourth-order valence-electron chi connectivity index (χ4n) is 3.52. The maximum atomic E-state index is 12.4. The summed E-state index contributed by atoms with van der Waals surface area (Å²) >= 11 is 0. The van der Waals surface area contributed by atoms with Gasteiger partial charge in [-0.05, 0) is 50.7 Å². The van der Waals surface area contributed by atoms with E-state index < -0.39 is 0 Å². The van der Waals surface area contributed by atoms with E-state index in [0.29, 0.717) is 6.04 Å². The number of likely N-dealkylation sites (tertiary alicyclic amines) is 1. The van der Waals surface area contributed by atoms with Crippen LogP contribution in [0, 0.1) is 0 Å². The molecule has 2 aliphatic heterocycles. The van der Waals surface area contributed by atoms with Gasteiger partial charge in [0.1, 0.15) is 5.75 Å². The highest BCUT2D eigenvalue weighted by molar-refractivity contribution is 5.89. The van der Waals surface area contributed by atoms with E-state index in [2.05, 4.69) is 22.2 Å². The van der Waals surface area contributed by atoms with E-state index in [4.69, 9.17) is 4.74 Å². The predicted octanol–water partition coefficient (Wildman–Crippen LogP) is 1.94. The molecule has 2 saturated heterocycles. The lowest BCUT2D eigenvalue weighted by atomic mass is 10.2. The molecule has 2 heterocycles. The first-order valence-electron chi connectivity index (χ1n) is 8.78. The number of likely N-dealkylation sites (N-methyl/N-ethyl adjacent to an activating group) is 1. The minimum atomic E-state index is -0.0159. The van der Waals surface area contributed by atoms with Crippen molar-refractivity contribution in [3.05, 3.63) is 24.3 Å². The van der Waals surface area contributed by atoms with Gasteiger partial charge < -0.3 is 19.9 Å². The van der Waals surface area contributed by atoms with E-state index in [-0.39, 0.29) is 6.03 Å². The van der Waals surface area contributed by atoms with E-state index in [1.54, 1.807) is 7.11 Å². The van der Waals surface area contributed by atoms with Crippen molar-refractivity contribution in [3.8, 4) is 5.75 Å².